The lowest BCUT2D eigenvalue weighted by Crippen LogP contribution is -2.00. The van der Waals surface area contributed by atoms with E-state index < -0.39 is 5.97 Å². The van der Waals surface area contributed by atoms with Gasteiger partial charge in [-0.25, -0.2) is 4.98 Å². The summed E-state index contributed by atoms with van der Waals surface area (Å²) in [4.78, 5) is 15.3. The van der Waals surface area contributed by atoms with Crippen molar-refractivity contribution in [3.63, 3.8) is 0 Å². The number of aliphatic carboxylic acids is 1. The zero-order valence-electron chi connectivity index (χ0n) is 16.2. The number of pyridine rings is 1. The molecule has 0 aliphatic rings. The Balaban J connectivity index is 1.97. The maximum atomic E-state index is 11.0. The predicted octanol–water partition coefficient (Wildman–Crippen LogP) is 4.76. The third-order valence-corrected chi connectivity index (χ3v) is 4.71. The molecule has 5 nitrogen and oxygen atoms in total. The molecule has 3 rings (SSSR count). The summed E-state index contributed by atoms with van der Waals surface area (Å²) >= 11 is 0. The standard InChI is InChI=1S/C23H23NO4/c1-15-12-16(4-8-20(15)18-5-10-22(28-3)24-14-18)21-9-7-19(27-2)13-17(21)6-11-23(25)26/h4-5,7-10,12-14H,6,11H2,1-3H3,(H,25,26). The molecule has 0 saturated heterocycles. The summed E-state index contributed by atoms with van der Waals surface area (Å²) in [6.07, 6.45) is 2.33. The number of aromatic nitrogens is 1. The van der Waals surface area contributed by atoms with Crippen LogP contribution < -0.4 is 9.47 Å². The summed E-state index contributed by atoms with van der Waals surface area (Å²) in [5.74, 6) is 0.494. The molecule has 28 heavy (non-hydrogen) atoms. The molecule has 0 unspecified atom stereocenters. The highest BCUT2D eigenvalue weighted by Crippen LogP contribution is 2.32. The molecular weight excluding hydrogens is 354 g/mol. The highest BCUT2D eigenvalue weighted by Gasteiger charge is 2.11. The van der Waals surface area contributed by atoms with Crippen molar-refractivity contribution in [1.82, 2.24) is 4.98 Å². The average molecular weight is 377 g/mol. The monoisotopic (exact) mass is 377 g/mol. The zero-order valence-corrected chi connectivity index (χ0v) is 16.2. The first-order chi connectivity index (χ1) is 13.5. The summed E-state index contributed by atoms with van der Waals surface area (Å²) in [5.41, 5.74) is 6.25. The van der Waals surface area contributed by atoms with Crippen LogP contribution in [0.2, 0.25) is 0 Å². The van der Waals surface area contributed by atoms with Crippen molar-refractivity contribution in [2.24, 2.45) is 0 Å². The van der Waals surface area contributed by atoms with Crippen molar-refractivity contribution in [3.8, 4) is 33.9 Å². The van der Waals surface area contributed by atoms with Gasteiger partial charge in [0, 0.05) is 24.2 Å². The van der Waals surface area contributed by atoms with Crippen LogP contribution in [0.3, 0.4) is 0 Å². The minimum Gasteiger partial charge on any atom is -0.497 e. The van der Waals surface area contributed by atoms with Crippen LogP contribution >= 0.6 is 0 Å². The normalized spacial score (nSPS) is 10.5. The van der Waals surface area contributed by atoms with Gasteiger partial charge >= 0.3 is 5.97 Å². The summed E-state index contributed by atoms with van der Waals surface area (Å²) < 4.78 is 10.4. The number of aryl methyl sites for hydroxylation is 2. The highest BCUT2D eigenvalue weighted by atomic mass is 16.5. The smallest absolute Gasteiger partial charge is 0.303 e. The van der Waals surface area contributed by atoms with Crippen LogP contribution in [0, 0.1) is 6.92 Å². The number of benzene rings is 2. The Labute approximate surface area is 164 Å². The van der Waals surface area contributed by atoms with E-state index in [4.69, 9.17) is 14.6 Å². The topological polar surface area (TPSA) is 68.7 Å². The fourth-order valence-corrected chi connectivity index (χ4v) is 3.24. The molecule has 1 N–H and O–H groups in total. The maximum Gasteiger partial charge on any atom is 0.303 e. The van der Waals surface area contributed by atoms with Gasteiger partial charge in [0.1, 0.15) is 5.75 Å². The minimum atomic E-state index is -0.813. The fourth-order valence-electron chi connectivity index (χ4n) is 3.24. The van der Waals surface area contributed by atoms with Crippen molar-refractivity contribution < 1.29 is 19.4 Å². The molecule has 0 radical (unpaired) electrons. The van der Waals surface area contributed by atoms with E-state index in [2.05, 4.69) is 30.1 Å². The van der Waals surface area contributed by atoms with E-state index in [1.165, 1.54) is 0 Å². The van der Waals surface area contributed by atoms with Crippen LogP contribution in [0.25, 0.3) is 22.3 Å². The fraction of sp³-hybridized carbons (Fsp3) is 0.217. The lowest BCUT2D eigenvalue weighted by atomic mass is 9.92. The Hall–Kier alpha value is -3.34. The van der Waals surface area contributed by atoms with Crippen LogP contribution in [-0.2, 0) is 11.2 Å². The number of nitrogens with zero attached hydrogens (tertiary/aromatic N) is 1. The van der Waals surface area contributed by atoms with Gasteiger partial charge in [-0.1, -0.05) is 24.3 Å². The first-order valence-electron chi connectivity index (χ1n) is 9.02. The van der Waals surface area contributed by atoms with E-state index in [0.29, 0.717) is 12.3 Å². The van der Waals surface area contributed by atoms with E-state index in [-0.39, 0.29) is 6.42 Å². The predicted molar refractivity (Wildman–Crippen MR) is 109 cm³/mol. The molecule has 144 valence electrons. The lowest BCUT2D eigenvalue weighted by molar-refractivity contribution is -0.136. The number of carboxylic acid groups (broad SMARTS) is 1. The van der Waals surface area contributed by atoms with E-state index in [9.17, 15) is 4.79 Å². The molecule has 0 saturated carbocycles. The first kappa shape index (κ1) is 19.4. The molecule has 0 aliphatic heterocycles. The molecule has 1 aromatic heterocycles. The molecule has 0 amide bonds. The van der Waals surface area contributed by atoms with Crippen molar-refractivity contribution in [2.45, 2.75) is 19.8 Å². The van der Waals surface area contributed by atoms with E-state index in [1.807, 2.05) is 30.3 Å². The SMILES string of the molecule is COc1ccc(-c2ccc(-c3ccc(OC)nc3)c(C)c2)c(CCC(=O)O)c1. The van der Waals surface area contributed by atoms with Gasteiger partial charge in [0.25, 0.3) is 0 Å². The number of carbonyl (C=O) groups is 1. The second-order valence-corrected chi connectivity index (χ2v) is 6.54. The van der Waals surface area contributed by atoms with Gasteiger partial charge in [-0.3, -0.25) is 4.79 Å². The third kappa shape index (κ3) is 4.31. The Kier molecular flexibility index (Phi) is 5.94. The summed E-state index contributed by atoms with van der Waals surface area (Å²) in [6, 6.07) is 15.9. The molecule has 3 aromatic rings. The molecule has 0 aliphatic carbocycles. The van der Waals surface area contributed by atoms with Gasteiger partial charge in [0.05, 0.1) is 14.2 Å². The lowest BCUT2D eigenvalue weighted by Gasteiger charge is -2.14. The van der Waals surface area contributed by atoms with Crippen LogP contribution in [0.5, 0.6) is 11.6 Å². The highest BCUT2D eigenvalue weighted by molar-refractivity contribution is 5.76. The molecule has 0 bridgehead atoms. The largest absolute Gasteiger partial charge is 0.497 e. The summed E-state index contributed by atoms with van der Waals surface area (Å²) in [6.45, 7) is 2.06. The van der Waals surface area contributed by atoms with Crippen molar-refractivity contribution in [3.05, 3.63) is 65.9 Å². The number of methoxy groups -OCH3 is 2. The summed E-state index contributed by atoms with van der Waals surface area (Å²) in [5, 5.41) is 9.06. The maximum absolute atomic E-state index is 11.0. The van der Waals surface area contributed by atoms with E-state index in [1.54, 1.807) is 20.4 Å². The Morgan fingerprint density at radius 1 is 0.964 bits per heavy atom. The minimum absolute atomic E-state index is 0.0781. The van der Waals surface area contributed by atoms with Crippen molar-refractivity contribution in [2.75, 3.05) is 14.2 Å². The summed E-state index contributed by atoms with van der Waals surface area (Å²) in [7, 11) is 3.21. The second-order valence-electron chi connectivity index (χ2n) is 6.54. The van der Waals surface area contributed by atoms with Crippen molar-refractivity contribution in [1.29, 1.82) is 0 Å². The van der Waals surface area contributed by atoms with E-state index >= 15 is 0 Å². The molecule has 1 heterocycles. The van der Waals surface area contributed by atoms with Crippen molar-refractivity contribution >= 4 is 5.97 Å². The Morgan fingerprint density at radius 2 is 1.71 bits per heavy atom. The van der Waals surface area contributed by atoms with Gasteiger partial charge in [0.2, 0.25) is 5.88 Å². The molecule has 0 fully saturated rings. The average Bonchev–Trinajstić information content (AvgIpc) is 2.72. The van der Waals surface area contributed by atoms with Crippen LogP contribution in [0.4, 0.5) is 0 Å². The van der Waals surface area contributed by atoms with Crippen LogP contribution in [-0.4, -0.2) is 30.3 Å². The number of rotatable bonds is 7. The molecular formula is C23H23NO4. The molecule has 5 heteroatoms. The Bertz CT molecular complexity index is 980. The molecule has 2 aromatic carbocycles. The van der Waals surface area contributed by atoms with Gasteiger partial charge in [-0.05, 0) is 59.4 Å². The van der Waals surface area contributed by atoms with Gasteiger partial charge in [-0.2, -0.15) is 0 Å². The van der Waals surface area contributed by atoms with Gasteiger partial charge < -0.3 is 14.6 Å². The van der Waals surface area contributed by atoms with Gasteiger partial charge in [-0.15, -0.1) is 0 Å². The number of carboxylic acids is 1. The third-order valence-electron chi connectivity index (χ3n) is 4.71. The molecule has 0 atom stereocenters. The van der Waals surface area contributed by atoms with Crippen LogP contribution in [0.1, 0.15) is 17.5 Å². The second kappa shape index (κ2) is 8.57. The number of ether oxygens (including phenoxy) is 2. The quantitative estimate of drug-likeness (QED) is 0.643. The Morgan fingerprint density at radius 3 is 2.32 bits per heavy atom. The number of hydrogen-bond acceptors (Lipinski definition) is 4. The zero-order chi connectivity index (χ0) is 20.1. The van der Waals surface area contributed by atoms with Crippen LogP contribution in [0.15, 0.2) is 54.7 Å². The first-order valence-corrected chi connectivity index (χ1v) is 9.02. The van der Waals surface area contributed by atoms with E-state index in [0.717, 1.165) is 39.1 Å². The van der Waals surface area contributed by atoms with Gasteiger partial charge in [0.15, 0.2) is 0 Å². The number of hydrogen-bond donors (Lipinski definition) is 1. The molecule has 0 spiro atoms.